The summed E-state index contributed by atoms with van der Waals surface area (Å²) >= 11 is 5.09. The van der Waals surface area contributed by atoms with Crippen molar-refractivity contribution in [2.45, 2.75) is 59.5 Å². The van der Waals surface area contributed by atoms with Gasteiger partial charge in [0.05, 0.1) is 51.6 Å². The van der Waals surface area contributed by atoms with Crippen LogP contribution < -0.4 is 30.7 Å². The zero-order chi connectivity index (χ0) is 35.4. The number of rotatable bonds is 6. The maximum Gasteiger partial charge on any atom is 0.357 e. The number of amides is 6. The number of anilines is 2. The first-order valence-corrected chi connectivity index (χ1v) is 18.5. The van der Waals surface area contributed by atoms with Gasteiger partial charge in [0.1, 0.15) is 34.3 Å². The highest BCUT2D eigenvalue weighted by Gasteiger charge is 2.44. The van der Waals surface area contributed by atoms with E-state index in [0.717, 1.165) is 9.80 Å². The molecule has 4 heterocycles. The molecule has 0 radical (unpaired) electrons. The zero-order valence-corrected chi connectivity index (χ0v) is 30.2. The molecule has 3 aromatic rings. The maximum absolute atomic E-state index is 13.9. The van der Waals surface area contributed by atoms with Gasteiger partial charge in [0.2, 0.25) is 0 Å². The molecule has 4 aliphatic rings. The largest absolute Gasteiger partial charge is 0.489 e. The molecule has 0 atom stereocenters. The van der Waals surface area contributed by atoms with Crippen molar-refractivity contribution < 1.29 is 28.7 Å². The molecule has 254 valence electrons. The van der Waals surface area contributed by atoms with Crippen molar-refractivity contribution in [3.8, 4) is 11.5 Å². The van der Waals surface area contributed by atoms with Crippen LogP contribution in [0.1, 0.15) is 27.7 Å². The van der Waals surface area contributed by atoms with E-state index >= 15 is 0 Å². The van der Waals surface area contributed by atoms with E-state index in [0.29, 0.717) is 50.9 Å². The summed E-state index contributed by atoms with van der Waals surface area (Å²) in [5, 5.41) is 0. The SMILES string of the molecule is CC(C)Oc1c2c(c(OC(C)C)c3c1SC(=C1C(=O)N(c4ccccc4)C(=O)N=C1N)S3)SC(=C1C(=O)N(c3ccccc3)C(=O)N=C1N)S2. The number of thioether (sulfide) groups is 4. The Hall–Kier alpha value is -4.64. The van der Waals surface area contributed by atoms with Gasteiger partial charge >= 0.3 is 12.1 Å². The van der Waals surface area contributed by atoms with Crippen molar-refractivity contribution >= 4 is 94.0 Å². The Morgan fingerprint density at radius 3 is 1.18 bits per heavy atom. The lowest BCUT2D eigenvalue weighted by atomic mass is 10.2. The number of para-hydroxylation sites is 2. The predicted molar refractivity (Wildman–Crippen MR) is 197 cm³/mol. The number of amidine groups is 2. The number of carbonyl (C=O) groups is 4. The Balaban J connectivity index is 1.36. The number of nitrogens with zero attached hydrogens (tertiary/aromatic N) is 4. The molecule has 3 aromatic carbocycles. The summed E-state index contributed by atoms with van der Waals surface area (Å²) in [6, 6.07) is 15.5. The minimum atomic E-state index is -0.777. The van der Waals surface area contributed by atoms with Crippen LogP contribution in [0.2, 0.25) is 0 Å². The highest BCUT2D eigenvalue weighted by molar-refractivity contribution is 8.26. The fraction of sp³-hybridized carbons (Fsp3) is 0.176. The fourth-order valence-corrected chi connectivity index (χ4v) is 10.9. The lowest BCUT2D eigenvalue weighted by molar-refractivity contribution is -0.114. The molecule has 4 N–H and O–H groups in total. The molecule has 7 rings (SSSR count). The van der Waals surface area contributed by atoms with Gasteiger partial charge in [-0.05, 0) is 52.0 Å². The van der Waals surface area contributed by atoms with Gasteiger partial charge in [0, 0.05) is 0 Å². The molecule has 0 unspecified atom stereocenters. The van der Waals surface area contributed by atoms with Crippen molar-refractivity contribution in [2.24, 2.45) is 21.5 Å². The number of ether oxygens (including phenoxy) is 2. The molecule has 0 bridgehead atoms. The van der Waals surface area contributed by atoms with Crippen molar-refractivity contribution in [3.05, 3.63) is 80.3 Å². The third-order valence-corrected chi connectivity index (χ3v) is 12.5. The standard InChI is InChI=1S/C34H28N6O6S4/c1-15(2)45-21-23-25(49-31(47-23)19-27(35)37-33(43)39(29(19)41)17-11-7-5-8-12-17)22(46-16(3)4)26-24(21)48-32(50-26)20-28(36)38-34(44)40(30(20)42)18-13-9-6-10-14-18/h5-16H,1-4H3,(H2,35,37,43)(H2,36,38,44). The molecule has 4 aliphatic heterocycles. The third-order valence-electron chi connectivity index (χ3n) is 7.32. The van der Waals surface area contributed by atoms with Crippen LogP contribution in [0.5, 0.6) is 11.5 Å². The number of carbonyl (C=O) groups excluding carboxylic acids is 4. The molecule has 0 saturated carbocycles. The smallest absolute Gasteiger partial charge is 0.357 e. The van der Waals surface area contributed by atoms with Crippen LogP contribution in [0.15, 0.2) is 110 Å². The molecule has 0 aromatic heterocycles. The quantitative estimate of drug-likeness (QED) is 0.245. The second-order valence-electron chi connectivity index (χ2n) is 11.6. The molecule has 0 saturated heterocycles. The van der Waals surface area contributed by atoms with E-state index in [1.807, 2.05) is 27.7 Å². The predicted octanol–water partition coefficient (Wildman–Crippen LogP) is 7.13. The maximum atomic E-state index is 13.9. The van der Waals surface area contributed by atoms with Gasteiger partial charge < -0.3 is 20.9 Å². The second kappa shape index (κ2) is 13.2. The molecule has 50 heavy (non-hydrogen) atoms. The molecule has 0 aliphatic carbocycles. The van der Waals surface area contributed by atoms with Crippen LogP contribution in [0, 0.1) is 0 Å². The van der Waals surface area contributed by atoms with Gasteiger partial charge in [0.15, 0.2) is 0 Å². The number of aliphatic imine (C=N–C) groups is 2. The average molecular weight is 745 g/mol. The van der Waals surface area contributed by atoms with Crippen molar-refractivity contribution in [2.75, 3.05) is 9.80 Å². The number of nitrogens with two attached hydrogens (primary N) is 2. The van der Waals surface area contributed by atoms with Gasteiger partial charge in [-0.1, -0.05) is 83.4 Å². The Morgan fingerprint density at radius 2 is 0.880 bits per heavy atom. The van der Waals surface area contributed by atoms with E-state index in [-0.39, 0.29) is 35.0 Å². The van der Waals surface area contributed by atoms with Gasteiger partial charge in [0.25, 0.3) is 11.8 Å². The van der Waals surface area contributed by atoms with Crippen LogP contribution in [0.3, 0.4) is 0 Å². The summed E-state index contributed by atoms with van der Waals surface area (Å²) < 4.78 is 13.9. The van der Waals surface area contributed by atoms with Crippen LogP contribution in [0.25, 0.3) is 0 Å². The highest BCUT2D eigenvalue weighted by atomic mass is 32.2. The van der Waals surface area contributed by atoms with E-state index in [2.05, 4.69) is 9.98 Å². The van der Waals surface area contributed by atoms with Crippen LogP contribution in [-0.2, 0) is 9.59 Å². The van der Waals surface area contributed by atoms with E-state index < -0.39 is 23.9 Å². The van der Waals surface area contributed by atoms with E-state index in [1.165, 1.54) is 47.0 Å². The Labute approximate surface area is 303 Å². The first-order valence-electron chi connectivity index (χ1n) is 15.3. The van der Waals surface area contributed by atoms with Crippen molar-refractivity contribution in [1.29, 1.82) is 0 Å². The van der Waals surface area contributed by atoms with Crippen molar-refractivity contribution in [3.63, 3.8) is 0 Å². The highest BCUT2D eigenvalue weighted by Crippen LogP contribution is 2.69. The van der Waals surface area contributed by atoms with Gasteiger partial charge in [-0.2, -0.15) is 9.98 Å². The topological polar surface area (TPSA) is 170 Å². The molecule has 6 amide bonds. The molecule has 16 heteroatoms. The van der Waals surface area contributed by atoms with Crippen molar-refractivity contribution in [1.82, 2.24) is 0 Å². The lowest BCUT2D eigenvalue weighted by Gasteiger charge is -2.24. The number of urea groups is 2. The first kappa shape index (κ1) is 33.8. The normalized spacial score (nSPS) is 17.6. The van der Waals surface area contributed by atoms with E-state index in [9.17, 15) is 19.2 Å². The molecule has 12 nitrogen and oxygen atoms in total. The molecular weight excluding hydrogens is 717 g/mol. The Bertz CT molecular complexity index is 1940. The number of hydrogen-bond acceptors (Lipinski definition) is 12. The number of benzene rings is 3. The van der Waals surface area contributed by atoms with E-state index in [4.69, 9.17) is 20.9 Å². The number of imide groups is 2. The minimum Gasteiger partial charge on any atom is -0.489 e. The Kier molecular flexibility index (Phi) is 8.96. The Morgan fingerprint density at radius 1 is 0.560 bits per heavy atom. The van der Waals surface area contributed by atoms with Crippen LogP contribution >= 0.6 is 47.0 Å². The summed E-state index contributed by atoms with van der Waals surface area (Å²) in [7, 11) is 0. The van der Waals surface area contributed by atoms with Gasteiger partial charge in [-0.15, -0.1) is 0 Å². The molecular formula is C34H28N6O6S4. The number of hydrogen-bond donors (Lipinski definition) is 2. The summed E-state index contributed by atoms with van der Waals surface area (Å²) in [5.74, 6) is -0.516. The summed E-state index contributed by atoms with van der Waals surface area (Å²) in [4.78, 5) is 66.4. The lowest BCUT2D eigenvalue weighted by Crippen LogP contribution is -2.44. The monoisotopic (exact) mass is 744 g/mol. The average Bonchev–Trinajstić information content (AvgIpc) is 3.69. The molecule has 0 spiro atoms. The van der Waals surface area contributed by atoms with Gasteiger partial charge in [-0.3, -0.25) is 9.59 Å². The molecule has 0 fully saturated rings. The van der Waals surface area contributed by atoms with Crippen LogP contribution in [0.4, 0.5) is 21.0 Å². The first-order chi connectivity index (χ1) is 23.9. The third kappa shape index (κ3) is 5.85. The van der Waals surface area contributed by atoms with E-state index in [1.54, 1.807) is 60.7 Å². The van der Waals surface area contributed by atoms with Gasteiger partial charge in [-0.25, -0.2) is 19.4 Å². The summed E-state index contributed by atoms with van der Waals surface area (Å²) in [6.07, 6.45) is -0.513. The zero-order valence-electron chi connectivity index (χ0n) is 27.0. The summed E-state index contributed by atoms with van der Waals surface area (Å²) in [6.45, 7) is 7.58. The second-order valence-corrected chi connectivity index (χ2v) is 16.2. The van der Waals surface area contributed by atoms with Crippen LogP contribution in [-0.4, -0.2) is 47.8 Å². The minimum absolute atomic E-state index is 0.0939. The fourth-order valence-electron chi connectivity index (χ4n) is 5.32. The summed E-state index contributed by atoms with van der Waals surface area (Å²) in [5.41, 5.74) is 13.5. The number of fused-ring (bicyclic) bond motifs is 2.